The molecule has 2 rings (SSSR count). The van der Waals surface area contributed by atoms with Crippen molar-refractivity contribution in [1.29, 1.82) is 0 Å². The highest BCUT2D eigenvalue weighted by molar-refractivity contribution is 5.77. The smallest absolute Gasteiger partial charge is 0.323 e. The Balaban J connectivity index is 2.17. The lowest BCUT2D eigenvalue weighted by Gasteiger charge is -2.33. The van der Waals surface area contributed by atoms with Gasteiger partial charge in [0.2, 0.25) is 0 Å². The number of benzene rings is 1. The molecule has 0 amide bonds. The molecule has 1 N–H and O–H groups in total. The second kappa shape index (κ2) is 6.10. The van der Waals surface area contributed by atoms with Crippen LogP contribution in [0.4, 0.5) is 0 Å². The van der Waals surface area contributed by atoms with Crippen molar-refractivity contribution in [2.75, 3.05) is 6.54 Å². The molecule has 0 bridgehead atoms. The first-order valence-corrected chi connectivity index (χ1v) is 7.03. The van der Waals surface area contributed by atoms with E-state index in [1.165, 1.54) is 0 Å². The van der Waals surface area contributed by atoms with E-state index in [1.807, 2.05) is 54.4 Å². The van der Waals surface area contributed by atoms with Crippen LogP contribution in [0.2, 0.25) is 0 Å². The zero-order valence-electron chi connectivity index (χ0n) is 12.7. The minimum absolute atomic E-state index is 0.510. The quantitative estimate of drug-likeness (QED) is 0.887. The van der Waals surface area contributed by atoms with E-state index in [0.29, 0.717) is 13.1 Å². The number of hydrogen-bond donors (Lipinski definition) is 1. The first-order valence-electron chi connectivity index (χ1n) is 7.03. The number of carboxylic acid groups (broad SMARTS) is 1. The molecule has 5 heteroatoms. The Bertz CT molecular complexity index is 605. The molecular weight excluding hydrogens is 266 g/mol. The van der Waals surface area contributed by atoms with Crippen LogP contribution in [0.15, 0.2) is 42.6 Å². The van der Waals surface area contributed by atoms with E-state index >= 15 is 0 Å². The maximum atomic E-state index is 11.4. The second-order valence-electron chi connectivity index (χ2n) is 5.47. The van der Waals surface area contributed by atoms with Crippen molar-refractivity contribution >= 4 is 5.97 Å². The highest BCUT2D eigenvalue weighted by atomic mass is 16.4. The van der Waals surface area contributed by atoms with Gasteiger partial charge in [0.05, 0.1) is 11.4 Å². The Morgan fingerprint density at radius 2 is 1.95 bits per heavy atom. The van der Waals surface area contributed by atoms with E-state index in [4.69, 9.17) is 0 Å². The van der Waals surface area contributed by atoms with Crippen LogP contribution in [-0.4, -0.2) is 37.8 Å². The van der Waals surface area contributed by atoms with Crippen molar-refractivity contribution in [2.45, 2.75) is 32.9 Å². The third-order valence-corrected chi connectivity index (χ3v) is 3.71. The third-order valence-electron chi connectivity index (χ3n) is 3.71. The maximum absolute atomic E-state index is 11.4. The van der Waals surface area contributed by atoms with Crippen LogP contribution >= 0.6 is 0 Å². The molecule has 0 atom stereocenters. The summed E-state index contributed by atoms with van der Waals surface area (Å²) < 4.78 is 1.80. The Kier molecular flexibility index (Phi) is 4.43. The maximum Gasteiger partial charge on any atom is 0.323 e. The molecule has 0 aliphatic rings. The molecule has 21 heavy (non-hydrogen) atoms. The fourth-order valence-corrected chi connectivity index (χ4v) is 2.21. The van der Waals surface area contributed by atoms with Crippen molar-refractivity contribution in [1.82, 2.24) is 14.7 Å². The lowest BCUT2D eigenvalue weighted by atomic mass is 10.0. The van der Waals surface area contributed by atoms with Gasteiger partial charge in [0.15, 0.2) is 0 Å². The zero-order valence-corrected chi connectivity index (χ0v) is 12.7. The van der Waals surface area contributed by atoms with Gasteiger partial charge < -0.3 is 5.11 Å². The van der Waals surface area contributed by atoms with Crippen LogP contribution in [0.1, 0.15) is 26.5 Å². The zero-order chi connectivity index (χ0) is 15.5. The Morgan fingerprint density at radius 3 is 2.52 bits per heavy atom. The molecule has 0 unspecified atom stereocenters. The number of para-hydroxylation sites is 1. The van der Waals surface area contributed by atoms with Crippen LogP contribution < -0.4 is 0 Å². The van der Waals surface area contributed by atoms with Crippen molar-refractivity contribution in [3.63, 3.8) is 0 Å². The van der Waals surface area contributed by atoms with Gasteiger partial charge in [0.25, 0.3) is 0 Å². The predicted octanol–water partition coefficient (Wildman–Crippen LogP) is 2.56. The topological polar surface area (TPSA) is 58.4 Å². The molecule has 1 aromatic carbocycles. The van der Waals surface area contributed by atoms with Gasteiger partial charge in [-0.2, -0.15) is 5.10 Å². The molecule has 0 saturated carbocycles. The molecule has 0 spiro atoms. The molecule has 5 nitrogen and oxygen atoms in total. The van der Waals surface area contributed by atoms with Gasteiger partial charge in [-0.05, 0) is 38.6 Å². The normalized spacial score (nSPS) is 11.8. The summed E-state index contributed by atoms with van der Waals surface area (Å²) in [6.45, 7) is 6.55. The summed E-state index contributed by atoms with van der Waals surface area (Å²) in [5, 5.41) is 13.9. The first kappa shape index (κ1) is 15.3. The van der Waals surface area contributed by atoms with E-state index < -0.39 is 11.5 Å². The number of carbonyl (C=O) groups is 1. The summed E-state index contributed by atoms with van der Waals surface area (Å²) in [5.74, 6) is -0.827. The number of rotatable bonds is 6. The first-order chi connectivity index (χ1) is 9.95. The van der Waals surface area contributed by atoms with Crippen molar-refractivity contribution < 1.29 is 9.90 Å². The highest BCUT2D eigenvalue weighted by Gasteiger charge is 2.33. The van der Waals surface area contributed by atoms with Gasteiger partial charge in [0.1, 0.15) is 5.54 Å². The summed E-state index contributed by atoms with van der Waals surface area (Å²) in [6.07, 6.45) is 1.90. The van der Waals surface area contributed by atoms with E-state index in [-0.39, 0.29) is 0 Å². The average molecular weight is 287 g/mol. The molecule has 0 saturated heterocycles. The highest BCUT2D eigenvalue weighted by Crippen LogP contribution is 2.18. The Hall–Kier alpha value is -2.14. The molecule has 1 heterocycles. The van der Waals surface area contributed by atoms with E-state index in [0.717, 1.165) is 11.4 Å². The third kappa shape index (κ3) is 3.31. The summed E-state index contributed by atoms with van der Waals surface area (Å²) in [6, 6.07) is 11.8. The molecule has 0 aliphatic heterocycles. The average Bonchev–Trinajstić information content (AvgIpc) is 2.94. The van der Waals surface area contributed by atoms with Crippen LogP contribution in [0.3, 0.4) is 0 Å². The summed E-state index contributed by atoms with van der Waals surface area (Å²) in [4.78, 5) is 13.3. The number of nitrogens with zero attached hydrogens (tertiary/aromatic N) is 3. The molecule has 0 fully saturated rings. The monoisotopic (exact) mass is 287 g/mol. The lowest BCUT2D eigenvalue weighted by Crippen LogP contribution is -2.49. The van der Waals surface area contributed by atoms with E-state index in [2.05, 4.69) is 5.10 Å². The molecule has 0 aliphatic carbocycles. The van der Waals surface area contributed by atoms with E-state index in [1.54, 1.807) is 18.5 Å². The van der Waals surface area contributed by atoms with E-state index in [9.17, 15) is 9.90 Å². The largest absolute Gasteiger partial charge is 0.480 e. The van der Waals surface area contributed by atoms with Crippen molar-refractivity contribution in [2.24, 2.45) is 0 Å². The second-order valence-corrected chi connectivity index (χ2v) is 5.47. The SMILES string of the molecule is CCN(Cc1ccn(-c2ccccc2)n1)C(C)(C)C(=O)O. The summed E-state index contributed by atoms with van der Waals surface area (Å²) in [7, 11) is 0. The van der Waals surface area contributed by atoms with Crippen molar-refractivity contribution in [3.05, 3.63) is 48.3 Å². The van der Waals surface area contributed by atoms with Gasteiger partial charge in [0, 0.05) is 12.7 Å². The Labute approximate surface area is 124 Å². The van der Waals surface area contributed by atoms with Crippen molar-refractivity contribution in [3.8, 4) is 5.69 Å². The lowest BCUT2D eigenvalue weighted by molar-refractivity contribution is -0.149. The van der Waals surface area contributed by atoms with Gasteiger partial charge >= 0.3 is 5.97 Å². The molecular formula is C16H21N3O2. The fraction of sp³-hybridized carbons (Fsp3) is 0.375. The van der Waals surface area contributed by atoms with Crippen LogP contribution in [-0.2, 0) is 11.3 Å². The predicted molar refractivity (Wildman–Crippen MR) is 81.4 cm³/mol. The minimum Gasteiger partial charge on any atom is -0.480 e. The van der Waals surface area contributed by atoms with Crippen LogP contribution in [0.5, 0.6) is 0 Å². The molecule has 0 radical (unpaired) electrons. The molecule has 2 aromatic rings. The summed E-state index contributed by atoms with van der Waals surface area (Å²) in [5.41, 5.74) is 0.935. The number of likely N-dealkylation sites (N-methyl/N-ethyl adjacent to an activating group) is 1. The fourth-order valence-electron chi connectivity index (χ4n) is 2.21. The van der Waals surface area contributed by atoms with Crippen LogP contribution in [0.25, 0.3) is 5.69 Å². The summed E-state index contributed by atoms with van der Waals surface area (Å²) >= 11 is 0. The van der Waals surface area contributed by atoms with Gasteiger partial charge in [-0.1, -0.05) is 25.1 Å². The van der Waals surface area contributed by atoms with Crippen LogP contribution in [0, 0.1) is 0 Å². The molecule has 1 aromatic heterocycles. The van der Waals surface area contributed by atoms with Gasteiger partial charge in [-0.15, -0.1) is 0 Å². The number of aliphatic carboxylic acids is 1. The number of aromatic nitrogens is 2. The van der Waals surface area contributed by atoms with Gasteiger partial charge in [-0.3, -0.25) is 9.69 Å². The minimum atomic E-state index is -0.911. The number of carboxylic acids is 1. The number of hydrogen-bond acceptors (Lipinski definition) is 3. The molecule has 112 valence electrons. The Morgan fingerprint density at radius 1 is 1.29 bits per heavy atom. The van der Waals surface area contributed by atoms with Gasteiger partial charge in [-0.25, -0.2) is 4.68 Å². The standard InChI is InChI=1S/C16H21N3O2/c1-4-18(16(2,3)15(20)21)12-13-10-11-19(17-13)14-8-6-5-7-9-14/h5-11H,4,12H2,1-3H3,(H,20,21).